The lowest BCUT2D eigenvalue weighted by Gasteiger charge is -2.11. The van der Waals surface area contributed by atoms with Gasteiger partial charge in [-0.1, -0.05) is 38.1 Å². The molecule has 1 aromatic rings. The third-order valence-corrected chi connectivity index (χ3v) is 4.43. The van der Waals surface area contributed by atoms with E-state index >= 15 is 0 Å². The molecule has 0 heterocycles. The summed E-state index contributed by atoms with van der Waals surface area (Å²) in [5, 5.41) is 0. The Kier molecular flexibility index (Phi) is 4.24. The maximum atomic E-state index is 4.75. The number of nitrogens with zero attached hydrogens (tertiary/aromatic N) is 1. The number of aliphatic imine (C=N–C) groups is 1. The molecular formula is C18H25N. The van der Waals surface area contributed by atoms with Gasteiger partial charge in [-0.05, 0) is 61.3 Å². The maximum absolute atomic E-state index is 4.75. The fraction of sp³-hybridized carbons (Fsp3) is 0.500. The van der Waals surface area contributed by atoms with Gasteiger partial charge in [0, 0.05) is 5.71 Å². The zero-order chi connectivity index (χ0) is 13.9. The molecule has 0 atom stereocenters. The van der Waals surface area contributed by atoms with Gasteiger partial charge < -0.3 is 0 Å². The Morgan fingerprint density at radius 3 is 2.74 bits per heavy atom. The normalized spacial score (nSPS) is 17.3. The van der Waals surface area contributed by atoms with Gasteiger partial charge in [0.1, 0.15) is 0 Å². The van der Waals surface area contributed by atoms with Crippen molar-refractivity contribution in [1.29, 1.82) is 0 Å². The van der Waals surface area contributed by atoms with Crippen molar-refractivity contribution < 1.29 is 0 Å². The molecule has 102 valence electrons. The molecule has 1 fully saturated rings. The first-order valence-corrected chi connectivity index (χ1v) is 7.30. The quantitative estimate of drug-likeness (QED) is 0.621. The van der Waals surface area contributed by atoms with Gasteiger partial charge in [-0.25, -0.2) is 0 Å². The highest BCUT2D eigenvalue weighted by Gasteiger charge is 2.40. The summed E-state index contributed by atoms with van der Waals surface area (Å²) in [4.78, 5) is 4.75. The van der Waals surface area contributed by atoms with Gasteiger partial charge in [0.15, 0.2) is 0 Å². The van der Waals surface area contributed by atoms with Gasteiger partial charge in [0.05, 0.1) is 6.54 Å². The van der Waals surface area contributed by atoms with Crippen LogP contribution in [0.1, 0.15) is 56.2 Å². The maximum Gasteiger partial charge on any atom is 0.0639 e. The van der Waals surface area contributed by atoms with E-state index in [9.17, 15) is 0 Å². The van der Waals surface area contributed by atoms with E-state index in [1.807, 2.05) is 6.08 Å². The molecule has 0 saturated heterocycles. The molecule has 0 radical (unpaired) electrons. The van der Waals surface area contributed by atoms with Crippen LogP contribution in [0, 0.1) is 12.3 Å². The number of hydrogen-bond donors (Lipinski definition) is 0. The molecule has 0 unspecified atom stereocenters. The van der Waals surface area contributed by atoms with Crippen LogP contribution in [0.4, 0.5) is 0 Å². The minimum Gasteiger partial charge on any atom is -0.290 e. The molecule has 1 saturated carbocycles. The van der Waals surface area contributed by atoms with E-state index in [-0.39, 0.29) is 0 Å². The topological polar surface area (TPSA) is 12.4 Å². The van der Waals surface area contributed by atoms with Gasteiger partial charge in [0.2, 0.25) is 0 Å². The molecule has 0 spiro atoms. The molecule has 0 bridgehead atoms. The van der Waals surface area contributed by atoms with Gasteiger partial charge in [-0.3, -0.25) is 4.99 Å². The van der Waals surface area contributed by atoms with Crippen molar-refractivity contribution in [2.24, 2.45) is 10.4 Å². The Balaban J connectivity index is 1.99. The molecule has 0 aliphatic heterocycles. The van der Waals surface area contributed by atoms with Crippen LogP contribution in [0.2, 0.25) is 0 Å². The molecule has 1 heteroatoms. The summed E-state index contributed by atoms with van der Waals surface area (Å²) in [7, 11) is 0. The minimum atomic E-state index is 0.604. The molecule has 1 aliphatic carbocycles. The summed E-state index contributed by atoms with van der Waals surface area (Å²) < 4.78 is 0. The van der Waals surface area contributed by atoms with Crippen LogP contribution in [0.25, 0.3) is 6.08 Å². The van der Waals surface area contributed by atoms with Crippen LogP contribution in [-0.4, -0.2) is 5.71 Å². The highest BCUT2D eigenvalue weighted by atomic mass is 14.7. The fourth-order valence-corrected chi connectivity index (χ4v) is 2.67. The molecule has 19 heavy (non-hydrogen) atoms. The van der Waals surface area contributed by atoms with Crippen LogP contribution in [0.3, 0.4) is 0 Å². The number of rotatable bonds is 6. The van der Waals surface area contributed by atoms with Crippen LogP contribution >= 0.6 is 0 Å². The van der Waals surface area contributed by atoms with Crippen molar-refractivity contribution in [3.63, 3.8) is 0 Å². The second kappa shape index (κ2) is 5.73. The van der Waals surface area contributed by atoms with Crippen molar-refractivity contribution in [1.82, 2.24) is 0 Å². The van der Waals surface area contributed by atoms with E-state index in [2.05, 4.69) is 45.5 Å². The third kappa shape index (κ3) is 3.56. The molecule has 1 aromatic carbocycles. The average molecular weight is 255 g/mol. The van der Waals surface area contributed by atoms with Crippen LogP contribution in [-0.2, 0) is 6.54 Å². The highest BCUT2D eigenvalue weighted by molar-refractivity contribution is 5.82. The van der Waals surface area contributed by atoms with E-state index < -0.39 is 0 Å². The van der Waals surface area contributed by atoms with Crippen molar-refractivity contribution in [2.45, 2.75) is 53.0 Å². The molecule has 0 N–H and O–H groups in total. The van der Waals surface area contributed by atoms with E-state index in [1.165, 1.54) is 48.1 Å². The van der Waals surface area contributed by atoms with Crippen LogP contribution < -0.4 is 0 Å². The number of aryl methyl sites for hydroxylation is 1. The fourth-order valence-electron chi connectivity index (χ4n) is 2.67. The van der Waals surface area contributed by atoms with Gasteiger partial charge in [0.25, 0.3) is 0 Å². The Labute approximate surface area is 117 Å². The average Bonchev–Trinajstić information content (AvgIpc) is 3.18. The monoisotopic (exact) mass is 255 g/mol. The minimum absolute atomic E-state index is 0.604. The molecule has 1 aliphatic rings. The van der Waals surface area contributed by atoms with E-state index in [4.69, 9.17) is 4.99 Å². The first-order chi connectivity index (χ1) is 9.08. The molecule has 0 amide bonds. The summed E-state index contributed by atoms with van der Waals surface area (Å²) in [6.45, 7) is 11.3. The first-order valence-electron chi connectivity index (χ1n) is 7.30. The SMILES string of the molecule is C=Cc1cc(C/N=C(\C)CC2(CC)CC2)ccc1C. The lowest BCUT2D eigenvalue weighted by molar-refractivity contribution is 0.512. The highest BCUT2D eigenvalue weighted by Crippen LogP contribution is 2.51. The van der Waals surface area contributed by atoms with Crippen molar-refractivity contribution >= 4 is 11.8 Å². The lowest BCUT2D eigenvalue weighted by Crippen LogP contribution is -2.05. The summed E-state index contributed by atoms with van der Waals surface area (Å²) >= 11 is 0. The van der Waals surface area contributed by atoms with E-state index in [1.54, 1.807) is 0 Å². The number of hydrogen-bond acceptors (Lipinski definition) is 1. The van der Waals surface area contributed by atoms with Gasteiger partial charge in [-0.2, -0.15) is 0 Å². The van der Waals surface area contributed by atoms with Crippen molar-refractivity contribution in [3.8, 4) is 0 Å². The predicted octanol–water partition coefficient (Wildman–Crippen LogP) is 5.18. The van der Waals surface area contributed by atoms with Crippen molar-refractivity contribution in [3.05, 3.63) is 41.5 Å². The summed E-state index contributed by atoms with van der Waals surface area (Å²) in [5.41, 5.74) is 5.69. The van der Waals surface area contributed by atoms with Crippen LogP contribution in [0.5, 0.6) is 0 Å². The standard InChI is InChI=1S/C18H25N/c1-5-17-11-16(8-7-14(17)3)13-19-15(4)12-18(6-2)9-10-18/h5,7-8,11H,1,6,9-10,12-13H2,2-4H3/b19-15+. The van der Waals surface area contributed by atoms with Gasteiger partial charge in [-0.15, -0.1) is 0 Å². The Bertz CT molecular complexity index is 492. The van der Waals surface area contributed by atoms with Crippen LogP contribution in [0.15, 0.2) is 29.8 Å². The predicted molar refractivity (Wildman–Crippen MR) is 84.7 cm³/mol. The zero-order valence-corrected chi connectivity index (χ0v) is 12.5. The largest absolute Gasteiger partial charge is 0.290 e. The second-order valence-electron chi connectivity index (χ2n) is 5.98. The Hall–Kier alpha value is -1.37. The molecular weight excluding hydrogens is 230 g/mol. The molecule has 0 aromatic heterocycles. The smallest absolute Gasteiger partial charge is 0.0639 e. The van der Waals surface area contributed by atoms with Gasteiger partial charge >= 0.3 is 0 Å². The van der Waals surface area contributed by atoms with Crippen molar-refractivity contribution in [2.75, 3.05) is 0 Å². The van der Waals surface area contributed by atoms with E-state index in [0.29, 0.717) is 5.41 Å². The van der Waals surface area contributed by atoms with E-state index in [0.717, 1.165) is 6.54 Å². The summed E-state index contributed by atoms with van der Waals surface area (Å²) in [6, 6.07) is 6.53. The third-order valence-electron chi connectivity index (χ3n) is 4.43. The first kappa shape index (κ1) is 14.0. The summed E-state index contributed by atoms with van der Waals surface area (Å²) in [6.07, 6.45) is 7.18. The zero-order valence-electron chi connectivity index (χ0n) is 12.5. The second-order valence-corrected chi connectivity index (χ2v) is 5.98. The molecule has 2 rings (SSSR count). The Morgan fingerprint density at radius 2 is 2.16 bits per heavy atom. The lowest BCUT2D eigenvalue weighted by atomic mass is 9.96. The number of benzene rings is 1. The molecule has 1 nitrogen and oxygen atoms in total. The Morgan fingerprint density at radius 1 is 1.42 bits per heavy atom. The summed E-state index contributed by atoms with van der Waals surface area (Å²) in [5.74, 6) is 0.